The first-order chi connectivity index (χ1) is 18.9. The Morgan fingerprint density at radius 2 is 1.90 bits per heavy atom. The number of aryl methyl sites for hydroxylation is 1. The van der Waals surface area contributed by atoms with E-state index in [2.05, 4.69) is 55.0 Å². The van der Waals surface area contributed by atoms with Gasteiger partial charge >= 0.3 is 0 Å². The standard InChI is InChI=1S/C33H39NO5/c1-32-13-9-24-23-8-6-22(36-3)17-20(23)5-7-25(24)26(32)10-14-33(32,35)15-11-27-29-21(12-16-34(27)2)18-28-30(31(29)37-4)39-19-38-28/h6,8,17-18,24-27,35H,5,7,9-10,12-14,16,19H2,1-4H3/t24?,25?,26?,27?,32-,33?/m0/s1. The summed E-state index contributed by atoms with van der Waals surface area (Å²) in [5.41, 5.74) is 3.98. The molecule has 5 aliphatic rings. The van der Waals surface area contributed by atoms with Crippen LogP contribution < -0.4 is 18.9 Å². The van der Waals surface area contributed by atoms with Gasteiger partial charge in [0.25, 0.3) is 0 Å². The number of hydrogen-bond acceptors (Lipinski definition) is 6. The van der Waals surface area contributed by atoms with Crippen molar-refractivity contribution in [3.05, 3.63) is 46.5 Å². The highest BCUT2D eigenvalue weighted by molar-refractivity contribution is 5.63. The fraction of sp³-hybridized carbons (Fsp3) is 0.576. The molecule has 0 aromatic heterocycles. The second-order valence-electron chi connectivity index (χ2n) is 12.5. The first kappa shape index (κ1) is 25.1. The molecule has 2 aromatic carbocycles. The highest BCUT2D eigenvalue weighted by Gasteiger charge is 2.61. The summed E-state index contributed by atoms with van der Waals surface area (Å²) in [6.07, 6.45) is 7.03. The van der Waals surface area contributed by atoms with Gasteiger partial charge in [-0.05, 0) is 105 Å². The lowest BCUT2D eigenvalue weighted by molar-refractivity contribution is -0.0649. The largest absolute Gasteiger partial charge is 0.497 e. The van der Waals surface area contributed by atoms with Crippen molar-refractivity contribution < 1.29 is 24.1 Å². The zero-order valence-electron chi connectivity index (χ0n) is 23.5. The molecule has 0 bridgehead atoms. The normalized spacial score (nSPS) is 34.2. The number of methoxy groups -OCH3 is 2. The third-order valence-electron chi connectivity index (χ3n) is 10.9. The van der Waals surface area contributed by atoms with E-state index < -0.39 is 5.60 Å². The number of fused-ring (bicyclic) bond motifs is 7. The van der Waals surface area contributed by atoms with E-state index in [-0.39, 0.29) is 18.2 Å². The smallest absolute Gasteiger partial charge is 0.231 e. The lowest BCUT2D eigenvalue weighted by Gasteiger charge is -2.52. The van der Waals surface area contributed by atoms with Crippen molar-refractivity contribution in [3.8, 4) is 34.8 Å². The minimum Gasteiger partial charge on any atom is -0.497 e. The van der Waals surface area contributed by atoms with Crippen LogP contribution in [0.1, 0.15) is 73.2 Å². The Balaban J connectivity index is 1.21. The molecule has 2 aromatic rings. The molecule has 6 heteroatoms. The zero-order chi connectivity index (χ0) is 26.9. The van der Waals surface area contributed by atoms with E-state index in [4.69, 9.17) is 18.9 Å². The maximum absolute atomic E-state index is 12.3. The van der Waals surface area contributed by atoms with Crippen LogP contribution in [-0.2, 0) is 12.8 Å². The molecule has 0 spiro atoms. The van der Waals surface area contributed by atoms with Crippen molar-refractivity contribution in [1.82, 2.24) is 4.90 Å². The molecule has 7 rings (SSSR count). The Morgan fingerprint density at radius 3 is 2.72 bits per heavy atom. The first-order valence-electron chi connectivity index (χ1n) is 14.5. The van der Waals surface area contributed by atoms with Crippen LogP contribution in [0.3, 0.4) is 0 Å². The monoisotopic (exact) mass is 529 g/mol. The number of likely N-dealkylation sites (N-methyl/N-ethyl adjacent to an activating group) is 1. The van der Waals surface area contributed by atoms with Crippen molar-refractivity contribution in [3.63, 3.8) is 0 Å². The summed E-state index contributed by atoms with van der Waals surface area (Å²) in [5, 5.41) is 12.3. The highest BCUT2D eigenvalue weighted by atomic mass is 16.7. The molecule has 0 saturated heterocycles. The van der Waals surface area contributed by atoms with Crippen LogP contribution in [0.5, 0.6) is 23.0 Å². The van der Waals surface area contributed by atoms with Crippen LogP contribution in [0, 0.1) is 29.1 Å². The number of rotatable bonds is 2. The van der Waals surface area contributed by atoms with Crippen molar-refractivity contribution in [2.24, 2.45) is 17.3 Å². The summed E-state index contributed by atoms with van der Waals surface area (Å²) < 4.78 is 22.8. The summed E-state index contributed by atoms with van der Waals surface area (Å²) in [4.78, 5) is 2.27. The van der Waals surface area contributed by atoms with Gasteiger partial charge in [-0.2, -0.15) is 0 Å². The fourth-order valence-electron chi connectivity index (χ4n) is 8.71. The summed E-state index contributed by atoms with van der Waals surface area (Å²) in [6, 6.07) is 8.56. The lowest BCUT2D eigenvalue weighted by Crippen LogP contribution is -2.50. The Bertz CT molecular complexity index is 1380. The second-order valence-corrected chi connectivity index (χ2v) is 12.5. The fourth-order valence-corrected chi connectivity index (χ4v) is 8.71. The Morgan fingerprint density at radius 1 is 1.03 bits per heavy atom. The number of aliphatic hydroxyl groups is 1. The highest BCUT2D eigenvalue weighted by Crippen LogP contribution is 2.64. The van der Waals surface area contributed by atoms with Gasteiger partial charge in [0.1, 0.15) is 17.4 Å². The summed E-state index contributed by atoms with van der Waals surface area (Å²) >= 11 is 0. The van der Waals surface area contributed by atoms with Crippen molar-refractivity contribution in [2.75, 3.05) is 34.6 Å². The average Bonchev–Trinajstić information content (AvgIpc) is 3.52. The number of ether oxygens (including phenoxy) is 4. The van der Waals surface area contributed by atoms with Crippen LogP contribution in [0.2, 0.25) is 0 Å². The van der Waals surface area contributed by atoms with Gasteiger partial charge < -0.3 is 24.1 Å². The molecule has 2 heterocycles. The molecule has 39 heavy (non-hydrogen) atoms. The van der Waals surface area contributed by atoms with E-state index >= 15 is 0 Å². The molecule has 6 nitrogen and oxygen atoms in total. The molecule has 0 amide bonds. The van der Waals surface area contributed by atoms with E-state index in [1.54, 1.807) is 14.2 Å². The van der Waals surface area contributed by atoms with E-state index in [1.807, 2.05) is 0 Å². The summed E-state index contributed by atoms with van der Waals surface area (Å²) in [7, 11) is 5.53. The predicted octanol–water partition coefficient (Wildman–Crippen LogP) is 5.25. The molecule has 2 saturated carbocycles. The van der Waals surface area contributed by atoms with Crippen LogP contribution in [0.25, 0.3) is 0 Å². The molecule has 2 aliphatic heterocycles. The van der Waals surface area contributed by atoms with Gasteiger partial charge in [-0.1, -0.05) is 24.8 Å². The molecule has 6 atom stereocenters. The molecular weight excluding hydrogens is 490 g/mol. The SMILES string of the molecule is COc1ccc2c(c1)CCC1C2CC[C@@]2(C)C1CCC2(O)C#CC1c2c(cc3c(c2OC)OCO3)CCN1C. The minimum atomic E-state index is -0.995. The van der Waals surface area contributed by atoms with Crippen molar-refractivity contribution in [2.45, 2.75) is 69.4 Å². The number of hydrogen-bond donors (Lipinski definition) is 1. The molecule has 1 N–H and O–H groups in total. The molecular formula is C33H39NO5. The van der Waals surface area contributed by atoms with Gasteiger partial charge in [0.15, 0.2) is 11.5 Å². The Labute approximate surface area is 231 Å². The van der Waals surface area contributed by atoms with Gasteiger partial charge in [-0.3, -0.25) is 4.90 Å². The minimum absolute atomic E-state index is 0.169. The van der Waals surface area contributed by atoms with Crippen molar-refractivity contribution in [1.29, 1.82) is 0 Å². The quantitative estimate of drug-likeness (QED) is 0.536. The second kappa shape index (κ2) is 9.08. The lowest BCUT2D eigenvalue weighted by atomic mass is 9.53. The molecule has 206 valence electrons. The number of benzene rings is 2. The van der Waals surface area contributed by atoms with Crippen LogP contribution >= 0.6 is 0 Å². The molecule has 0 radical (unpaired) electrons. The van der Waals surface area contributed by atoms with Crippen molar-refractivity contribution >= 4 is 0 Å². The van der Waals surface area contributed by atoms with E-state index in [1.165, 1.54) is 23.1 Å². The van der Waals surface area contributed by atoms with E-state index in [0.717, 1.165) is 62.1 Å². The molecule has 5 unspecified atom stereocenters. The maximum Gasteiger partial charge on any atom is 0.231 e. The first-order valence-corrected chi connectivity index (χ1v) is 14.5. The Hall–Kier alpha value is -2.88. The Kier molecular flexibility index (Phi) is 5.84. The van der Waals surface area contributed by atoms with E-state index in [0.29, 0.717) is 29.3 Å². The van der Waals surface area contributed by atoms with Crippen LogP contribution in [0.4, 0.5) is 0 Å². The van der Waals surface area contributed by atoms with Gasteiger partial charge in [0.2, 0.25) is 12.5 Å². The molecule has 2 fully saturated rings. The van der Waals surface area contributed by atoms with Crippen LogP contribution in [0.15, 0.2) is 24.3 Å². The topological polar surface area (TPSA) is 60.4 Å². The zero-order valence-corrected chi connectivity index (χ0v) is 23.5. The molecule has 3 aliphatic carbocycles. The van der Waals surface area contributed by atoms with E-state index in [9.17, 15) is 5.11 Å². The van der Waals surface area contributed by atoms with Gasteiger partial charge in [-0.25, -0.2) is 0 Å². The predicted molar refractivity (Wildman–Crippen MR) is 149 cm³/mol. The third-order valence-corrected chi connectivity index (χ3v) is 10.9. The van der Waals surface area contributed by atoms with Gasteiger partial charge in [0, 0.05) is 17.5 Å². The van der Waals surface area contributed by atoms with Gasteiger partial charge in [-0.15, -0.1) is 0 Å². The average molecular weight is 530 g/mol. The number of nitrogens with zero attached hydrogens (tertiary/aromatic N) is 1. The summed E-state index contributed by atoms with van der Waals surface area (Å²) in [5.74, 6) is 11.8. The van der Waals surface area contributed by atoms with Crippen LogP contribution in [-0.4, -0.2) is 50.2 Å². The third kappa shape index (κ3) is 3.62. The van der Waals surface area contributed by atoms with Gasteiger partial charge in [0.05, 0.1) is 14.2 Å². The maximum atomic E-state index is 12.3. The summed E-state index contributed by atoms with van der Waals surface area (Å²) in [6.45, 7) is 3.41.